The van der Waals surface area contributed by atoms with Crippen molar-refractivity contribution < 1.29 is 9.53 Å². The lowest BCUT2D eigenvalue weighted by Crippen LogP contribution is -2.24. The highest BCUT2D eigenvalue weighted by Crippen LogP contribution is 2.19. The van der Waals surface area contributed by atoms with Crippen molar-refractivity contribution in [2.75, 3.05) is 0 Å². The molecule has 4 nitrogen and oxygen atoms in total. The zero-order chi connectivity index (χ0) is 13.2. The Morgan fingerprint density at radius 3 is 2.59 bits per heavy atom. The highest BCUT2D eigenvalue weighted by molar-refractivity contribution is 9.11. The highest BCUT2D eigenvalue weighted by atomic mass is 79.9. The fourth-order valence-electron chi connectivity index (χ4n) is 1.05. The summed E-state index contributed by atoms with van der Waals surface area (Å²) >= 11 is 8.19. The number of alkyl halides is 1. The molecular weight excluding hydrogens is 372 g/mol. The van der Waals surface area contributed by atoms with E-state index in [0.29, 0.717) is 10.3 Å². The minimum atomic E-state index is -0.569. The molecule has 0 aliphatic carbocycles. The van der Waals surface area contributed by atoms with Gasteiger partial charge >= 0.3 is 6.09 Å². The van der Waals surface area contributed by atoms with Gasteiger partial charge in [0.2, 0.25) is 0 Å². The van der Waals surface area contributed by atoms with Crippen LogP contribution in [0.1, 0.15) is 26.5 Å². The molecule has 1 aromatic heterocycles. The van der Waals surface area contributed by atoms with E-state index in [2.05, 4.69) is 36.9 Å². The summed E-state index contributed by atoms with van der Waals surface area (Å²) in [6.45, 7) is 7.40. The van der Waals surface area contributed by atoms with Crippen molar-refractivity contribution in [3.63, 3.8) is 0 Å². The molecule has 0 spiro atoms. The Bertz CT molecular complexity index is 485. The second kappa shape index (κ2) is 5.67. The average molecular weight is 386 g/mol. The Morgan fingerprint density at radius 2 is 2.12 bits per heavy atom. The first-order valence-electron chi connectivity index (χ1n) is 4.94. The number of thiazole rings is 1. The van der Waals surface area contributed by atoms with Crippen molar-refractivity contribution in [2.24, 2.45) is 4.99 Å². The van der Waals surface area contributed by atoms with Crippen LogP contribution in [-0.2, 0) is 10.2 Å². The number of nitrogens with zero attached hydrogens (tertiary/aromatic N) is 2. The number of carbonyl (C=O) groups excluding carboxylic acids is 1. The first-order valence-corrected chi connectivity index (χ1v) is 7.67. The van der Waals surface area contributed by atoms with E-state index in [1.807, 2.05) is 32.3 Å². The van der Waals surface area contributed by atoms with Gasteiger partial charge in [0.05, 0.1) is 9.24 Å². The topological polar surface area (TPSA) is 43.6 Å². The summed E-state index contributed by atoms with van der Waals surface area (Å²) in [5.41, 5.74) is 1.08. The van der Waals surface area contributed by atoms with Crippen LogP contribution < -0.4 is 4.80 Å². The lowest BCUT2D eigenvalue weighted by Gasteiger charge is -2.16. The third-order valence-corrected chi connectivity index (χ3v) is 4.33. The van der Waals surface area contributed by atoms with Gasteiger partial charge in [-0.3, -0.25) is 0 Å². The Morgan fingerprint density at radius 1 is 1.53 bits per heavy atom. The van der Waals surface area contributed by atoms with Gasteiger partial charge in [0, 0.05) is 5.69 Å². The van der Waals surface area contributed by atoms with Crippen LogP contribution in [0.3, 0.4) is 0 Å². The molecule has 0 aromatic carbocycles. The van der Waals surface area contributed by atoms with E-state index in [4.69, 9.17) is 4.74 Å². The summed E-state index contributed by atoms with van der Waals surface area (Å²) in [4.78, 5) is 16.2. The number of carbonyl (C=O) groups is 1. The van der Waals surface area contributed by atoms with Crippen LogP contribution in [-0.4, -0.2) is 16.3 Å². The Kier molecular flexibility index (Phi) is 4.97. The fraction of sp³-hybridized carbons (Fsp3) is 0.600. The Labute approximate surface area is 121 Å². The van der Waals surface area contributed by atoms with Crippen LogP contribution in [0, 0.1) is 6.92 Å². The van der Waals surface area contributed by atoms with Crippen LogP contribution in [0.25, 0.3) is 0 Å². The highest BCUT2D eigenvalue weighted by Gasteiger charge is 2.16. The van der Waals surface area contributed by atoms with E-state index in [-0.39, 0.29) is 0 Å². The summed E-state index contributed by atoms with van der Waals surface area (Å²) in [5, 5.41) is 0. The zero-order valence-corrected chi connectivity index (χ0v) is 14.1. The average Bonchev–Trinajstić information content (AvgIpc) is 2.39. The molecule has 1 aromatic rings. The zero-order valence-electron chi connectivity index (χ0n) is 10.1. The van der Waals surface area contributed by atoms with E-state index in [1.165, 1.54) is 11.3 Å². The van der Waals surface area contributed by atoms with E-state index in [0.717, 1.165) is 9.48 Å². The summed E-state index contributed by atoms with van der Waals surface area (Å²) in [6, 6.07) is 0. The standard InChI is InChI=1S/C10H14Br2N2O2S/c1-6-7(12)17-8(14(6)5-11)13-9(15)16-10(2,3)4/h5H2,1-4H3/b13-8-. The van der Waals surface area contributed by atoms with Crippen molar-refractivity contribution in [1.29, 1.82) is 0 Å². The van der Waals surface area contributed by atoms with Gasteiger partial charge in [-0.1, -0.05) is 27.3 Å². The molecule has 1 rings (SSSR count). The monoisotopic (exact) mass is 384 g/mol. The number of halogens is 2. The van der Waals surface area contributed by atoms with Crippen LogP contribution in [0.15, 0.2) is 8.78 Å². The first kappa shape index (κ1) is 14.9. The van der Waals surface area contributed by atoms with Gasteiger partial charge in [-0.15, -0.1) is 4.99 Å². The molecule has 0 aliphatic rings. The predicted molar refractivity (Wildman–Crippen MR) is 75.5 cm³/mol. The van der Waals surface area contributed by atoms with E-state index in [9.17, 15) is 4.79 Å². The normalized spacial score (nSPS) is 12.9. The number of amides is 1. The van der Waals surface area contributed by atoms with Gasteiger partial charge in [-0.05, 0) is 43.6 Å². The Balaban J connectivity index is 3.08. The smallest absolute Gasteiger partial charge is 0.436 e. The number of hydrogen-bond donors (Lipinski definition) is 0. The van der Waals surface area contributed by atoms with Crippen LogP contribution in [0.2, 0.25) is 0 Å². The summed E-state index contributed by atoms with van der Waals surface area (Å²) in [5.74, 6) is 0. The minimum Gasteiger partial charge on any atom is -0.442 e. The van der Waals surface area contributed by atoms with Crippen LogP contribution in [0.4, 0.5) is 4.79 Å². The number of ether oxygens (including phenoxy) is 1. The van der Waals surface area contributed by atoms with Crippen molar-refractivity contribution in [3.8, 4) is 0 Å². The first-order chi connectivity index (χ1) is 7.74. The lowest BCUT2D eigenvalue weighted by atomic mass is 10.2. The molecule has 0 unspecified atom stereocenters. The molecule has 0 atom stereocenters. The van der Waals surface area contributed by atoms with Gasteiger partial charge in [-0.2, -0.15) is 0 Å². The Hall–Kier alpha value is -0.140. The maximum atomic E-state index is 11.6. The van der Waals surface area contributed by atoms with E-state index < -0.39 is 11.7 Å². The van der Waals surface area contributed by atoms with Crippen LogP contribution in [0.5, 0.6) is 0 Å². The molecule has 0 aliphatic heterocycles. The lowest BCUT2D eigenvalue weighted by molar-refractivity contribution is 0.0596. The van der Waals surface area contributed by atoms with Gasteiger partial charge in [-0.25, -0.2) is 4.79 Å². The van der Waals surface area contributed by atoms with Crippen molar-refractivity contribution in [2.45, 2.75) is 38.8 Å². The quantitative estimate of drug-likeness (QED) is 0.690. The van der Waals surface area contributed by atoms with Gasteiger partial charge in [0.25, 0.3) is 0 Å². The predicted octanol–water partition coefficient (Wildman–Crippen LogP) is 3.81. The van der Waals surface area contributed by atoms with E-state index >= 15 is 0 Å². The molecule has 1 heterocycles. The number of rotatable bonds is 1. The molecule has 0 bridgehead atoms. The molecule has 7 heteroatoms. The second-order valence-electron chi connectivity index (χ2n) is 4.38. The molecule has 0 N–H and O–H groups in total. The fourth-order valence-corrected chi connectivity index (χ4v) is 3.32. The van der Waals surface area contributed by atoms with Crippen molar-refractivity contribution >= 4 is 49.3 Å². The largest absolute Gasteiger partial charge is 0.442 e. The van der Waals surface area contributed by atoms with Crippen LogP contribution >= 0.6 is 43.2 Å². The third kappa shape index (κ3) is 4.22. The molecule has 0 fully saturated rings. The number of aromatic nitrogens is 1. The van der Waals surface area contributed by atoms with Crippen molar-refractivity contribution in [3.05, 3.63) is 14.3 Å². The number of hydrogen-bond acceptors (Lipinski definition) is 3. The molecule has 96 valence electrons. The SMILES string of the molecule is Cc1c(Br)s/c(=N\C(=O)OC(C)(C)C)n1CBr. The molecule has 1 amide bonds. The second-order valence-corrected chi connectivity index (χ2v) is 7.18. The maximum absolute atomic E-state index is 11.6. The molecule has 0 saturated heterocycles. The molecule has 17 heavy (non-hydrogen) atoms. The molecular formula is C10H14Br2N2O2S. The van der Waals surface area contributed by atoms with E-state index in [1.54, 1.807) is 0 Å². The summed E-state index contributed by atoms with van der Waals surface area (Å²) in [7, 11) is 0. The molecule has 0 saturated carbocycles. The van der Waals surface area contributed by atoms with Gasteiger partial charge < -0.3 is 9.30 Å². The van der Waals surface area contributed by atoms with Crippen molar-refractivity contribution in [1.82, 2.24) is 4.57 Å². The summed E-state index contributed by atoms with van der Waals surface area (Å²) in [6.07, 6.45) is -0.569. The van der Waals surface area contributed by atoms with Gasteiger partial charge in [0.15, 0.2) is 4.80 Å². The molecule has 0 radical (unpaired) electrons. The third-order valence-electron chi connectivity index (χ3n) is 1.80. The maximum Gasteiger partial charge on any atom is 0.436 e. The van der Waals surface area contributed by atoms with Gasteiger partial charge in [0.1, 0.15) is 5.60 Å². The summed E-state index contributed by atoms with van der Waals surface area (Å²) < 4.78 is 7.99. The minimum absolute atomic E-state index is 0.524.